The van der Waals surface area contributed by atoms with Gasteiger partial charge in [-0.2, -0.15) is 0 Å². The SMILES string of the molecule is CNC(=O)c1ccc(NC(=O)c2cc(-c3ccc(C)s3)nc3onc(C)c23)cc1. The maximum Gasteiger partial charge on any atom is 0.259 e. The predicted molar refractivity (Wildman–Crippen MR) is 112 cm³/mol. The number of hydrogen-bond acceptors (Lipinski definition) is 6. The molecule has 1 aromatic carbocycles. The van der Waals surface area contributed by atoms with Crippen molar-refractivity contribution in [1.29, 1.82) is 0 Å². The molecule has 7 nitrogen and oxygen atoms in total. The molecule has 4 aromatic rings. The van der Waals surface area contributed by atoms with E-state index in [1.165, 1.54) is 0 Å². The van der Waals surface area contributed by atoms with Gasteiger partial charge in [0, 0.05) is 23.2 Å². The lowest BCUT2D eigenvalue weighted by atomic mass is 10.1. The van der Waals surface area contributed by atoms with Crippen LogP contribution in [0, 0.1) is 13.8 Å². The van der Waals surface area contributed by atoms with Gasteiger partial charge in [0.1, 0.15) is 0 Å². The minimum absolute atomic E-state index is 0.185. The molecule has 0 unspecified atom stereocenters. The minimum atomic E-state index is -0.300. The van der Waals surface area contributed by atoms with Crippen LogP contribution in [0.25, 0.3) is 21.7 Å². The van der Waals surface area contributed by atoms with Crippen LogP contribution in [-0.2, 0) is 0 Å². The van der Waals surface area contributed by atoms with Crippen LogP contribution in [0.3, 0.4) is 0 Å². The molecule has 29 heavy (non-hydrogen) atoms. The summed E-state index contributed by atoms with van der Waals surface area (Å²) in [6.07, 6.45) is 0. The second-order valence-corrected chi connectivity index (χ2v) is 7.81. The molecule has 0 radical (unpaired) electrons. The van der Waals surface area contributed by atoms with Gasteiger partial charge in [0.15, 0.2) is 0 Å². The molecule has 0 atom stereocenters. The predicted octanol–water partition coefficient (Wildman–Crippen LogP) is 4.18. The van der Waals surface area contributed by atoms with E-state index in [-0.39, 0.29) is 11.8 Å². The lowest BCUT2D eigenvalue weighted by Crippen LogP contribution is -2.18. The highest BCUT2D eigenvalue weighted by Gasteiger charge is 2.20. The molecule has 0 fully saturated rings. The Morgan fingerprint density at radius 3 is 2.45 bits per heavy atom. The number of pyridine rings is 1. The van der Waals surface area contributed by atoms with Gasteiger partial charge < -0.3 is 15.2 Å². The van der Waals surface area contributed by atoms with Crippen molar-refractivity contribution < 1.29 is 14.1 Å². The van der Waals surface area contributed by atoms with Crippen LogP contribution in [0.2, 0.25) is 0 Å². The number of thiophene rings is 1. The molecule has 0 aliphatic rings. The zero-order valence-corrected chi connectivity index (χ0v) is 16.9. The van der Waals surface area contributed by atoms with E-state index >= 15 is 0 Å². The molecule has 2 amide bonds. The Balaban J connectivity index is 1.71. The Morgan fingerprint density at radius 2 is 1.79 bits per heavy atom. The Bertz CT molecular complexity index is 1220. The first-order chi connectivity index (χ1) is 14.0. The summed E-state index contributed by atoms with van der Waals surface area (Å²) in [5.41, 5.74) is 3.11. The highest BCUT2D eigenvalue weighted by molar-refractivity contribution is 7.15. The van der Waals surface area contributed by atoms with Crippen molar-refractivity contribution in [1.82, 2.24) is 15.5 Å². The fourth-order valence-electron chi connectivity index (χ4n) is 3.02. The molecule has 146 valence electrons. The first kappa shape index (κ1) is 18.8. The molecule has 0 aliphatic carbocycles. The van der Waals surface area contributed by atoms with E-state index in [4.69, 9.17) is 4.52 Å². The van der Waals surface area contributed by atoms with Crippen molar-refractivity contribution in [2.75, 3.05) is 12.4 Å². The molecule has 0 saturated heterocycles. The second-order valence-electron chi connectivity index (χ2n) is 6.52. The minimum Gasteiger partial charge on any atom is -0.355 e. The lowest BCUT2D eigenvalue weighted by Gasteiger charge is -2.08. The molecule has 2 N–H and O–H groups in total. The van der Waals surface area contributed by atoms with Crippen molar-refractivity contribution in [2.45, 2.75) is 13.8 Å². The van der Waals surface area contributed by atoms with E-state index in [2.05, 4.69) is 20.8 Å². The van der Waals surface area contributed by atoms with Crippen LogP contribution in [0.15, 0.2) is 47.0 Å². The van der Waals surface area contributed by atoms with Crippen LogP contribution in [-0.4, -0.2) is 29.0 Å². The molecule has 4 rings (SSSR count). The van der Waals surface area contributed by atoms with Crippen LogP contribution in [0.1, 0.15) is 31.3 Å². The van der Waals surface area contributed by atoms with Crippen LogP contribution >= 0.6 is 11.3 Å². The average Bonchev–Trinajstić information content (AvgIpc) is 3.33. The third-order valence-electron chi connectivity index (χ3n) is 4.49. The van der Waals surface area contributed by atoms with Crippen molar-refractivity contribution in [3.63, 3.8) is 0 Å². The summed E-state index contributed by atoms with van der Waals surface area (Å²) in [6, 6.07) is 12.4. The van der Waals surface area contributed by atoms with Gasteiger partial charge in [0.2, 0.25) is 0 Å². The fraction of sp³-hybridized carbons (Fsp3) is 0.143. The largest absolute Gasteiger partial charge is 0.355 e. The van der Waals surface area contributed by atoms with E-state index in [0.717, 1.165) is 9.75 Å². The van der Waals surface area contributed by atoms with Crippen molar-refractivity contribution in [3.8, 4) is 10.6 Å². The normalized spacial score (nSPS) is 10.9. The molecule has 3 heterocycles. The van der Waals surface area contributed by atoms with Crippen LogP contribution < -0.4 is 10.6 Å². The molecule has 3 aromatic heterocycles. The number of aryl methyl sites for hydroxylation is 2. The molecule has 8 heteroatoms. The van der Waals surface area contributed by atoms with E-state index in [1.807, 2.05) is 19.1 Å². The van der Waals surface area contributed by atoms with Gasteiger partial charge in [0.05, 0.1) is 27.2 Å². The van der Waals surface area contributed by atoms with Gasteiger partial charge in [-0.15, -0.1) is 11.3 Å². The maximum atomic E-state index is 13.1. The molecule has 0 aliphatic heterocycles. The number of hydrogen-bond donors (Lipinski definition) is 2. The van der Waals surface area contributed by atoms with Crippen LogP contribution in [0.4, 0.5) is 5.69 Å². The van der Waals surface area contributed by atoms with Gasteiger partial charge in [0.25, 0.3) is 17.5 Å². The number of nitrogens with zero attached hydrogens (tertiary/aromatic N) is 2. The third-order valence-corrected chi connectivity index (χ3v) is 5.51. The summed E-state index contributed by atoms with van der Waals surface area (Å²) in [4.78, 5) is 31.4. The number of fused-ring (bicyclic) bond motifs is 1. The topological polar surface area (TPSA) is 97.1 Å². The van der Waals surface area contributed by atoms with E-state index in [1.54, 1.807) is 55.6 Å². The highest BCUT2D eigenvalue weighted by atomic mass is 32.1. The Kier molecular flexibility index (Phi) is 4.85. The van der Waals surface area contributed by atoms with E-state index in [0.29, 0.717) is 39.3 Å². The number of carbonyl (C=O) groups excluding carboxylic acids is 2. The Hall–Kier alpha value is -3.52. The quantitative estimate of drug-likeness (QED) is 0.530. The zero-order valence-electron chi connectivity index (χ0n) is 16.1. The number of nitrogens with one attached hydrogen (secondary N) is 2. The molecule has 0 saturated carbocycles. The molecule has 0 bridgehead atoms. The van der Waals surface area contributed by atoms with E-state index in [9.17, 15) is 9.59 Å². The number of rotatable bonds is 4. The highest BCUT2D eigenvalue weighted by Crippen LogP contribution is 2.31. The monoisotopic (exact) mass is 406 g/mol. The first-order valence-electron chi connectivity index (χ1n) is 8.93. The summed E-state index contributed by atoms with van der Waals surface area (Å²) in [6.45, 7) is 3.79. The smallest absolute Gasteiger partial charge is 0.259 e. The second kappa shape index (κ2) is 7.48. The van der Waals surface area contributed by atoms with Crippen molar-refractivity contribution >= 4 is 39.9 Å². The number of aromatic nitrogens is 2. The lowest BCUT2D eigenvalue weighted by molar-refractivity contribution is 0.0962. The molecular formula is C21H18N4O3S. The van der Waals surface area contributed by atoms with E-state index < -0.39 is 0 Å². The van der Waals surface area contributed by atoms with Gasteiger partial charge >= 0.3 is 0 Å². The van der Waals surface area contributed by atoms with Gasteiger partial charge in [-0.05, 0) is 56.3 Å². The maximum absolute atomic E-state index is 13.1. The van der Waals surface area contributed by atoms with Gasteiger partial charge in [-0.3, -0.25) is 9.59 Å². The van der Waals surface area contributed by atoms with Crippen LogP contribution in [0.5, 0.6) is 0 Å². The van der Waals surface area contributed by atoms with Gasteiger partial charge in [-0.1, -0.05) is 5.16 Å². The number of anilines is 1. The number of benzene rings is 1. The third kappa shape index (κ3) is 3.62. The van der Waals surface area contributed by atoms with Crippen molar-refractivity contribution in [3.05, 3.63) is 64.2 Å². The standard InChI is InChI=1S/C21H18N4O3S/c1-11-4-9-17(29-11)16-10-15(18-12(2)25-28-21(18)24-16)20(27)23-14-7-5-13(6-8-14)19(26)22-3/h4-10H,1-3H3,(H,22,26)(H,23,27). The first-order valence-corrected chi connectivity index (χ1v) is 9.75. The van der Waals surface area contributed by atoms with Crippen molar-refractivity contribution in [2.24, 2.45) is 0 Å². The summed E-state index contributed by atoms with van der Waals surface area (Å²) in [7, 11) is 1.57. The zero-order chi connectivity index (χ0) is 20.5. The summed E-state index contributed by atoms with van der Waals surface area (Å²) in [5, 5.41) is 9.99. The van der Waals surface area contributed by atoms with Gasteiger partial charge in [-0.25, -0.2) is 4.98 Å². The summed E-state index contributed by atoms with van der Waals surface area (Å²) < 4.78 is 5.33. The Morgan fingerprint density at radius 1 is 1.03 bits per heavy atom. The summed E-state index contributed by atoms with van der Waals surface area (Å²) >= 11 is 1.59. The Labute approximate surface area is 170 Å². The average molecular weight is 406 g/mol. The fourth-order valence-corrected chi connectivity index (χ4v) is 3.85. The number of carbonyl (C=O) groups is 2. The summed E-state index contributed by atoms with van der Waals surface area (Å²) in [5.74, 6) is -0.486. The molecular weight excluding hydrogens is 388 g/mol. The molecule has 0 spiro atoms. The number of amides is 2.